The number of unbranched alkanes of at least 4 members (excludes halogenated alkanes) is 5. The van der Waals surface area contributed by atoms with E-state index in [1.807, 2.05) is 0 Å². The molecule has 0 aromatic heterocycles. The van der Waals surface area contributed by atoms with Crippen LogP contribution in [0.4, 0.5) is 0 Å². The summed E-state index contributed by atoms with van der Waals surface area (Å²) in [4.78, 5) is 2.48. The van der Waals surface area contributed by atoms with E-state index in [0.717, 1.165) is 18.8 Å². The molecule has 0 amide bonds. The number of hydrogen-bond donors (Lipinski definition) is 1. The zero-order valence-corrected chi connectivity index (χ0v) is 13.4. The van der Waals surface area contributed by atoms with E-state index in [1.165, 1.54) is 57.8 Å². The molecule has 0 saturated heterocycles. The Morgan fingerprint density at radius 3 is 2.16 bits per heavy atom. The van der Waals surface area contributed by atoms with E-state index in [1.54, 1.807) is 0 Å². The first-order valence-corrected chi connectivity index (χ1v) is 8.37. The third kappa shape index (κ3) is 5.08. The van der Waals surface area contributed by atoms with E-state index in [0.29, 0.717) is 5.54 Å². The largest absolute Gasteiger partial charge is 0.386 e. The fourth-order valence-corrected chi connectivity index (χ4v) is 3.25. The van der Waals surface area contributed by atoms with Crippen molar-refractivity contribution in [2.45, 2.75) is 90.5 Å². The smallest absolute Gasteiger partial charge is 0.0950 e. The summed E-state index contributed by atoms with van der Waals surface area (Å²) >= 11 is 0. The molecule has 112 valence electrons. The highest BCUT2D eigenvalue weighted by Gasteiger charge is 2.32. The molecular weight excluding hydrogens is 232 g/mol. The van der Waals surface area contributed by atoms with Crippen LogP contribution in [0.3, 0.4) is 0 Å². The Balaban J connectivity index is 2.53. The molecule has 0 aromatic rings. The van der Waals surface area contributed by atoms with Crippen molar-refractivity contribution in [3.05, 3.63) is 11.9 Å². The van der Waals surface area contributed by atoms with Crippen LogP contribution in [0, 0.1) is 0 Å². The Bertz CT molecular complexity index is 272. The lowest BCUT2D eigenvalue weighted by Gasteiger charge is -2.41. The summed E-state index contributed by atoms with van der Waals surface area (Å²) in [6.45, 7) is 8.12. The predicted octanol–water partition coefficient (Wildman–Crippen LogP) is 4.80. The predicted molar refractivity (Wildman–Crippen MR) is 84.9 cm³/mol. The van der Waals surface area contributed by atoms with E-state index >= 15 is 0 Å². The number of rotatable bonds is 10. The Kier molecular flexibility index (Phi) is 7.33. The highest BCUT2D eigenvalue weighted by molar-refractivity contribution is 5.08. The Morgan fingerprint density at radius 1 is 1.05 bits per heavy atom. The average molecular weight is 266 g/mol. The van der Waals surface area contributed by atoms with E-state index in [4.69, 9.17) is 5.73 Å². The van der Waals surface area contributed by atoms with Crippen LogP contribution >= 0.6 is 0 Å². The summed E-state index contributed by atoms with van der Waals surface area (Å²) in [6, 6.07) is 0. The maximum absolute atomic E-state index is 6.19. The zero-order valence-electron chi connectivity index (χ0n) is 13.4. The van der Waals surface area contributed by atoms with Crippen molar-refractivity contribution in [3.8, 4) is 0 Å². The van der Waals surface area contributed by atoms with Crippen molar-refractivity contribution in [1.29, 1.82) is 0 Å². The second-order valence-corrected chi connectivity index (χ2v) is 6.33. The molecule has 1 aliphatic heterocycles. The molecule has 1 aliphatic rings. The summed E-state index contributed by atoms with van der Waals surface area (Å²) in [7, 11) is 0. The van der Waals surface area contributed by atoms with Gasteiger partial charge in [0.25, 0.3) is 0 Å². The monoisotopic (exact) mass is 266 g/mol. The Morgan fingerprint density at radius 2 is 1.63 bits per heavy atom. The van der Waals surface area contributed by atoms with Gasteiger partial charge in [0.2, 0.25) is 0 Å². The standard InChI is InChI=1S/C17H34N2/c1-4-6-8-10-14-17(3,13-9-7-5-2)19-15-11-12-16(19)18/h12H,4-11,13-15,18H2,1-3H3. The number of hydrogen-bond acceptors (Lipinski definition) is 2. The van der Waals surface area contributed by atoms with Gasteiger partial charge in [0.05, 0.1) is 5.82 Å². The minimum absolute atomic E-state index is 0.292. The van der Waals surface area contributed by atoms with Crippen molar-refractivity contribution in [1.82, 2.24) is 4.90 Å². The molecule has 0 spiro atoms. The van der Waals surface area contributed by atoms with Gasteiger partial charge in [0, 0.05) is 12.1 Å². The van der Waals surface area contributed by atoms with Gasteiger partial charge in [-0.1, -0.05) is 58.8 Å². The summed E-state index contributed by atoms with van der Waals surface area (Å²) in [6.07, 6.45) is 15.3. The molecule has 2 N–H and O–H groups in total. The lowest BCUT2D eigenvalue weighted by atomic mass is 9.86. The van der Waals surface area contributed by atoms with E-state index in [9.17, 15) is 0 Å². The van der Waals surface area contributed by atoms with Crippen molar-refractivity contribution >= 4 is 0 Å². The van der Waals surface area contributed by atoms with Gasteiger partial charge in [0.1, 0.15) is 0 Å². The molecule has 1 heterocycles. The Hall–Kier alpha value is -0.660. The molecule has 2 nitrogen and oxygen atoms in total. The first kappa shape index (κ1) is 16.4. The molecular formula is C17H34N2. The maximum atomic E-state index is 6.19. The molecule has 0 aromatic carbocycles. The van der Waals surface area contributed by atoms with Gasteiger partial charge in [-0.3, -0.25) is 0 Å². The third-order valence-electron chi connectivity index (χ3n) is 4.56. The molecule has 0 saturated carbocycles. The lowest BCUT2D eigenvalue weighted by molar-refractivity contribution is 0.128. The molecule has 0 fully saturated rings. The molecule has 0 bridgehead atoms. The SMILES string of the molecule is CCCCCCC(C)(CCCCC)N1CCC=C1N. The van der Waals surface area contributed by atoms with Gasteiger partial charge < -0.3 is 10.6 Å². The van der Waals surface area contributed by atoms with Crippen molar-refractivity contribution < 1.29 is 0 Å². The van der Waals surface area contributed by atoms with Crippen LogP contribution in [-0.2, 0) is 0 Å². The van der Waals surface area contributed by atoms with E-state index < -0.39 is 0 Å². The van der Waals surface area contributed by atoms with Gasteiger partial charge in [0.15, 0.2) is 0 Å². The van der Waals surface area contributed by atoms with Crippen molar-refractivity contribution in [3.63, 3.8) is 0 Å². The molecule has 2 heteroatoms. The number of nitrogens with two attached hydrogens (primary N) is 1. The third-order valence-corrected chi connectivity index (χ3v) is 4.56. The van der Waals surface area contributed by atoms with Gasteiger partial charge in [-0.25, -0.2) is 0 Å². The summed E-state index contributed by atoms with van der Waals surface area (Å²) in [5, 5.41) is 0. The molecule has 1 atom stereocenters. The highest BCUT2D eigenvalue weighted by atomic mass is 15.3. The van der Waals surface area contributed by atoms with Crippen LogP contribution in [-0.4, -0.2) is 17.0 Å². The maximum Gasteiger partial charge on any atom is 0.0950 e. The number of nitrogens with zero attached hydrogens (tertiary/aromatic N) is 1. The molecule has 19 heavy (non-hydrogen) atoms. The van der Waals surface area contributed by atoms with Gasteiger partial charge >= 0.3 is 0 Å². The topological polar surface area (TPSA) is 29.3 Å². The second kappa shape index (κ2) is 8.50. The van der Waals surface area contributed by atoms with Crippen molar-refractivity contribution in [2.24, 2.45) is 5.73 Å². The first-order valence-electron chi connectivity index (χ1n) is 8.37. The van der Waals surface area contributed by atoms with Crippen LogP contribution in [0.15, 0.2) is 11.9 Å². The molecule has 1 unspecified atom stereocenters. The van der Waals surface area contributed by atoms with Gasteiger partial charge in [-0.15, -0.1) is 0 Å². The van der Waals surface area contributed by atoms with Crippen molar-refractivity contribution in [2.75, 3.05) is 6.54 Å². The van der Waals surface area contributed by atoms with E-state index in [-0.39, 0.29) is 0 Å². The summed E-state index contributed by atoms with van der Waals surface area (Å²) in [5.74, 6) is 1.02. The Labute approximate surface area is 120 Å². The summed E-state index contributed by atoms with van der Waals surface area (Å²) in [5.41, 5.74) is 6.48. The molecule has 0 aliphatic carbocycles. The minimum Gasteiger partial charge on any atom is -0.386 e. The van der Waals surface area contributed by atoms with Gasteiger partial charge in [-0.05, 0) is 32.3 Å². The second-order valence-electron chi connectivity index (χ2n) is 6.33. The highest BCUT2D eigenvalue weighted by Crippen LogP contribution is 2.33. The minimum atomic E-state index is 0.292. The average Bonchev–Trinajstić information content (AvgIpc) is 2.82. The van der Waals surface area contributed by atoms with Crippen LogP contribution in [0.2, 0.25) is 0 Å². The van der Waals surface area contributed by atoms with Crippen LogP contribution in [0.25, 0.3) is 0 Å². The van der Waals surface area contributed by atoms with E-state index in [2.05, 4.69) is 31.7 Å². The fourth-order valence-electron chi connectivity index (χ4n) is 3.25. The first-order chi connectivity index (χ1) is 9.14. The van der Waals surface area contributed by atoms with Crippen LogP contribution in [0.1, 0.15) is 85.0 Å². The molecule has 0 radical (unpaired) electrons. The fraction of sp³-hybridized carbons (Fsp3) is 0.882. The van der Waals surface area contributed by atoms with Gasteiger partial charge in [-0.2, -0.15) is 0 Å². The van der Waals surface area contributed by atoms with Crippen LogP contribution < -0.4 is 5.73 Å². The van der Waals surface area contributed by atoms with Crippen LogP contribution in [0.5, 0.6) is 0 Å². The zero-order chi connectivity index (χ0) is 14.1. The normalized spacial score (nSPS) is 18.5. The lowest BCUT2D eigenvalue weighted by Crippen LogP contribution is -2.46. The molecule has 1 rings (SSSR count). The quantitative estimate of drug-likeness (QED) is 0.575. The summed E-state index contributed by atoms with van der Waals surface area (Å²) < 4.78 is 0.